The molecule has 2 heterocycles. The molecule has 1 unspecified atom stereocenters. The molecule has 18 heavy (non-hydrogen) atoms. The highest BCUT2D eigenvalue weighted by Gasteiger charge is 2.48. The number of amides is 1. The summed E-state index contributed by atoms with van der Waals surface area (Å²) >= 11 is 7.32. The van der Waals surface area contributed by atoms with Crippen LogP contribution in [0, 0.1) is 6.92 Å². The van der Waals surface area contributed by atoms with Gasteiger partial charge in [0.25, 0.3) is 5.91 Å². The van der Waals surface area contributed by atoms with Gasteiger partial charge >= 0.3 is 0 Å². The van der Waals surface area contributed by atoms with Crippen LogP contribution in [-0.2, 0) is 10.4 Å². The molecule has 1 aromatic heterocycles. The van der Waals surface area contributed by atoms with Gasteiger partial charge in [0.2, 0.25) is 5.60 Å². The van der Waals surface area contributed by atoms with Gasteiger partial charge in [0, 0.05) is 16.3 Å². The van der Waals surface area contributed by atoms with Crippen molar-refractivity contribution in [3.63, 3.8) is 0 Å². The van der Waals surface area contributed by atoms with Crippen LogP contribution < -0.4 is 5.32 Å². The number of carbonyl (C=O) groups excluding carboxylic acids is 1. The van der Waals surface area contributed by atoms with Gasteiger partial charge < -0.3 is 10.4 Å². The van der Waals surface area contributed by atoms with E-state index in [2.05, 4.69) is 5.32 Å². The number of thiophene rings is 1. The molecule has 5 heteroatoms. The molecular formula is C13H10ClNO2S. The highest BCUT2D eigenvalue weighted by Crippen LogP contribution is 2.44. The summed E-state index contributed by atoms with van der Waals surface area (Å²) in [7, 11) is 0. The van der Waals surface area contributed by atoms with Crippen molar-refractivity contribution in [3.8, 4) is 0 Å². The van der Waals surface area contributed by atoms with Gasteiger partial charge in [-0.2, -0.15) is 0 Å². The first kappa shape index (κ1) is 11.7. The highest BCUT2D eigenvalue weighted by atomic mass is 35.5. The minimum atomic E-state index is -1.63. The predicted octanol–water partition coefficient (Wildman–Crippen LogP) is 2.90. The topological polar surface area (TPSA) is 49.3 Å². The van der Waals surface area contributed by atoms with Crippen molar-refractivity contribution in [2.45, 2.75) is 12.5 Å². The van der Waals surface area contributed by atoms with Gasteiger partial charge in [0.1, 0.15) is 0 Å². The molecule has 92 valence electrons. The summed E-state index contributed by atoms with van der Waals surface area (Å²) in [4.78, 5) is 12.8. The number of carbonyl (C=O) groups is 1. The van der Waals surface area contributed by atoms with Gasteiger partial charge in [-0.05, 0) is 42.1 Å². The first-order valence-corrected chi connectivity index (χ1v) is 6.67. The van der Waals surface area contributed by atoms with Crippen molar-refractivity contribution >= 4 is 34.5 Å². The van der Waals surface area contributed by atoms with E-state index in [1.54, 1.807) is 18.2 Å². The van der Waals surface area contributed by atoms with Crippen LogP contribution in [0.5, 0.6) is 0 Å². The summed E-state index contributed by atoms with van der Waals surface area (Å²) in [6.45, 7) is 1.87. The number of aryl methyl sites for hydroxylation is 1. The lowest BCUT2D eigenvalue weighted by atomic mass is 9.92. The third-order valence-corrected chi connectivity index (χ3v) is 4.50. The van der Waals surface area contributed by atoms with Crippen LogP contribution in [0.25, 0.3) is 0 Å². The normalized spacial score (nSPS) is 21.8. The molecule has 3 nitrogen and oxygen atoms in total. The predicted molar refractivity (Wildman–Crippen MR) is 72.1 cm³/mol. The summed E-state index contributed by atoms with van der Waals surface area (Å²) < 4.78 is 0. The van der Waals surface area contributed by atoms with E-state index < -0.39 is 11.5 Å². The molecule has 2 N–H and O–H groups in total. The zero-order valence-electron chi connectivity index (χ0n) is 9.53. The fourth-order valence-corrected chi connectivity index (χ4v) is 3.44. The van der Waals surface area contributed by atoms with E-state index >= 15 is 0 Å². The maximum absolute atomic E-state index is 12.1. The second-order valence-electron chi connectivity index (χ2n) is 4.29. The zero-order valence-corrected chi connectivity index (χ0v) is 11.1. The van der Waals surface area contributed by atoms with Crippen LogP contribution in [0.15, 0.2) is 29.6 Å². The van der Waals surface area contributed by atoms with E-state index in [1.807, 2.05) is 18.4 Å². The Balaban J connectivity index is 2.28. The fraction of sp³-hybridized carbons (Fsp3) is 0.154. The van der Waals surface area contributed by atoms with E-state index in [9.17, 15) is 9.90 Å². The molecule has 2 aromatic rings. The van der Waals surface area contributed by atoms with Crippen molar-refractivity contribution in [1.82, 2.24) is 0 Å². The SMILES string of the molecule is Cc1ccsc1C1(O)C(=O)Nc2ccc(Cl)cc21. The number of hydrogen-bond acceptors (Lipinski definition) is 3. The second-order valence-corrected chi connectivity index (χ2v) is 5.64. The van der Waals surface area contributed by atoms with Crippen LogP contribution in [0.2, 0.25) is 5.02 Å². The first-order chi connectivity index (χ1) is 8.53. The van der Waals surface area contributed by atoms with Crippen LogP contribution in [-0.4, -0.2) is 11.0 Å². The van der Waals surface area contributed by atoms with Crippen molar-refractivity contribution in [2.24, 2.45) is 0 Å². The molecule has 0 aliphatic carbocycles. The molecule has 0 bridgehead atoms. The number of fused-ring (bicyclic) bond motifs is 1. The molecule has 1 atom stereocenters. The van der Waals surface area contributed by atoms with Crippen molar-refractivity contribution in [3.05, 3.63) is 50.7 Å². The molecule has 1 amide bonds. The zero-order chi connectivity index (χ0) is 12.9. The minimum absolute atomic E-state index is 0.426. The number of rotatable bonds is 1. The lowest BCUT2D eigenvalue weighted by Gasteiger charge is -2.20. The monoisotopic (exact) mass is 279 g/mol. The Morgan fingerprint density at radius 1 is 1.39 bits per heavy atom. The van der Waals surface area contributed by atoms with Crippen LogP contribution in [0.1, 0.15) is 16.0 Å². The van der Waals surface area contributed by atoms with Gasteiger partial charge in [0.15, 0.2) is 0 Å². The Morgan fingerprint density at radius 2 is 2.17 bits per heavy atom. The molecule has 1 aliphatic heterocycles. The van der Waals surface area contributed by atoms with Crippen molar-refractivity contribution in [1.29, 1.82) is 0 Å². The molecule has 0 fully saturated rings. The Kier molecular flexibility index (Phi) is 2.48. The third kappa shape index (κ3) is 1.43. The Hall–Kier alpha value is -1.36. The minimum Gasteiger partial charge on any atom is -0.371 e. The fourth-order valence-electron chi connectivity index (χ4n) is 2.23. The summed E-state index contributed by atoms with van der Waals surface area (Å²) in [5.41, 5.74) is 0.397. The largest absolute Gasteiger partial charge is 0.371 e. The molecule has 0 spiro atoms. The Labute approximate surface area is 113 Å². The summed E-state index contributed by atoms with van der Waals surface area (Å²) in [5.74, 6) is -0.426. The van der Waals surface area contributed by atoms with E-state index in [4.69, 9.17) is 11.6 Å². The van der Waals surface area contributed by atoms with Crippen LogP contribution in [0.3, 0.4) is 0 Å². The second kappa shape index (κ2) is 3.82. The van der Waals surface area contributed by atoms with E-state index in [1.165, 1.54) is 11.3 Å². The summed E-state index contributed by atoms with van der Waals surface area (Å²) in [6.07, 6.45) is 0. The van der Waals surface area contributed by atoms with E-state index in [0.29, 0.717) is 21.2 Å². The number of hydrogen-bond donors (Lipinski definition) is 2. The average molecular weight is 280 g/mol. The van der Waals surface area contributed by atoms with Crippen molar-refractivity contribution in [2.75, 3.05) is 5.32 Å². The summed E-state index contributed by atoms with van der Waals surface area (Å²) in [6, 6.07) is 6.91. The van der Waals surface area contributed by atoms with Gasteiger partial charge in [-0.3, -0.25) is 4.79 Å². The smallest absolute Gasteiger partial charge is 0.266 e. The number of anilines is 1. The first-order valence-electron chi connectivity index (χ1n) is 5.42. The lowest BCUT2D eigenvalue weighted by Crippen LogP contribution is -2.35. The Morgan fingerprint density at radius 3 is 2.83 bits per heavy atom. The van der Waals surface area contributed by atoms with Crippen LogP contribution >= 0.6 is 22.9 Å². The molecule has 0 saturated carbocycles. The van der Waals surface area contributed by atoms with Gasteiger partial charge in [0.05, 0.1) is 4.88 Å². The van der Waals surface area contributed by atoms with E-state index in [-0.39, 0.29) is 0 Å². The molecule has 0 radical (unpaired) electrons. The maximum Gasteiger partial charge on any atom is 0.266 e. The van der Waals surface area contributed by atoms with Gasteiger partial charge in [-0.1, -0.05) is 11.6 Å². The third-order valence-electron chi connectivity index (χ3n) is 3.14. The number of aliphatic hydroxyl groups is 1. The standard InChI is InChI=1S/C13H10ClNO2S/c1-7-4-5-18-11(7)13(17)9-6-8(14)2-3-10(9)15-12(13)16/h2-6,17H,1H3,(H,15,16). The van der Waals surface area contributed by atoms with Gasteiger partial charge in [-0.25, -0.2) is 0 Å². The van der Waals surface area contributed by atoms with Crippen LogP contribution in [0.4, 0.5) is 5.69 Å². The highest BCUT2D eigenvalue weighted by molar-refractivity contribution is 7.10. The molecule has 1 aromatic carbocycles. The molecular weight excluding hydrogens is 270 g/mol. The molecule has 1 aliphatic rings. The average Bonchev–Trinajstić information content (AvgIpc) is 2.85. The van der Waals surface area contributed by atoms with Gasteiger partial charge in [-0.15, -0.1) is 11.3 Å². The molecule has 3 rings (SSSR count). The molecule has 0 saturated heterocycles. The summed E-state index contributed by atoms with van der Waals surface area (Å²) in [5, 5.41) is 15.9. The van der Waals surface area contributed by atoms with E-state index in [0.717, 1.165) is 5.56 Å². The quantitative estimate of drug-likeness (QED) is 0.843. The maximum atomic E-state index is 12.1. The lowest BCUT2D eigenvalue weighted by molar-refractivity contribution is -0.129. The number of nitrogens with one attached hydrogen (secondary N) is 1. The Bertz CT molecular complexity index is 652. The van der Waals surface area contributed by atoms with Crippen molar-refractivity contribution < 1.29 is 9.90 Å². The number of benzene rings is 1. The number of halogens is 1.